The number of carbonyl (C=O) groups is 1. The fourth-order valence-corrected chi connectivity index (χ4v) is 1.12. The molecule has 3 heteroatoms. The van der Waals surface area contributed by atoms with E-state index in [-0.39, 0.29) is 11.8 Å². The quantitative estimate of drug-likeness (QED) is 0.613. The molecule has 1 saturated heterocycles. The lowest BCUT2D eigenvalue weighted by atomic mass is 10.1. The Morgan fingerprint density at radius 3 is 2.67 bits per heavy atom. The molecule has 0 radical (unpaired) electrons. The first-order valence-electron chi connectivity index (χ1n) is 4.83. The van der Waals surface area contributed by atoms with Gasteiger partial charge in [0.25, 0.3) is 0 Å². The predicted molar refractivity (Wildman–Crippen MR) is 51.0 cm³/mol. The Balaban J connectivity index is 0.000000561. The van der Waals surface area contributed by atoms with Gasteiger partial charge in [0.2, 0.25) is 5.91 Å². The summed E-state index contributed by atoms with van der Waals surface area (Å²) >= 11 is 0. The smallest absolute Gasteiger partial charge is 0.224 e. The molecule has 1 atom stereocenters. The lowest BCUT2D eigenvalue weighted by molar-refractivity contribution is -0.124. The van der Waals surface area contributed by atoms with E-state index in [0.717, 1.165) is 26.1 Å². The third kappa shape index (κ3) is 3.72. The van der Waals surface area contributed by atoms with Gasteiger partial charge in [-0.2, -0.15) is 0 Å². The molecule has 1 unspecified atom stereocenters. The molecule has 1 aliphatic rings. The molecule has 12 heavy (non-hydrogen) atoms. The van der Waals surface area contributed by atoms with E-state index >= 15 is 0 Å². The Labute approximate surface area is 74.9 Å². The standard InChI is InChI=1S/C7H14N2O.C2H6/c1-2-6-5-8-3-4-9-7(6)10;1-2/h6,8H,2-5H2,1H3,(H,9,10);1-2H3. The SMILES string of the molecule is CC.CCC1CNCCNC1=O. The van der Waals surface area contributed by atoms with Crippen LogP contribution in [0.4, 0.5) is 0 Å². The Morgan fingerprint density at radius 2 is 2.08 bits per heavy atom. The average molecular weight is 172 g/mol. The summed E-state index contributed by atoms with van der Waals surface area (Å²) in [5.74, 6) is 0.384. The normalized spacial score (nSPS) is 23.2. The fourth-order valence-electron chi connectivity index (χ4n) is 1.12. The van der Waals surface area contributed by atoms with Crippen molar-refractivity contribution >= 4 is 5.91 Å². The van der Waals surface area contributed by atoms with Crippen molar-refractivity contribution in [2.75, 3.05) is 19.6 Å². The summed E-state index contributed by atoms with van der Waals surface area (Å²) in [6.45, 7) is 8.55. The monoisotopic (exact) mass is 172 g/mol. The molecule has 1 amide bonds. The lowest BCUT2D eigenvalue weighted by Gasteiger charge is -2.08. The van der Waals surface area contributed by atoms with Gasteiger partial charge in [0.05, 0.1) is 5.92 Å². The van der Waals surface area contributed by atoms with Gasteiger partial charge in [0.15, 0.2) is 0 Å². The summed E-state index contributed by atoms with van der Waals surface area (Å²) in [5.41, 5.74) is 0. The molecule has 1 fully saturated rings. The van der Waals surface area contributed by atoms with Crippen molar-refractivity contribution in [1.29, 1.82) is 0 Å². The van der Waals surface area contributed by atoms with Gasteiger partial charge in [-0.1, -0.05) is 20.8 Å². The van der Waals surface area contributed by atoms with Crippen molar-refractivity contribution in [2.24, 2.45) is 5.92 Å². The highest BCUT2D eigenvalue weighted by Gasteiger charge is 2.17. The maximum absolute atomic E-state index is 11.1. The zero-order valence-corrected chi connectivity index (χ0v) is 8.31. The molecule has 0 aromatic carbocycles. The van der Waals surface area contributed by atoms with Crippen LogP contribution < -0.4 is 10.6 Å². The number of hydrogen-bond donors (Lipinski definition) is 2. The summed E-state index contributed by atoms with van der Waals surface area (Å²) in [5, 5.41) is 6.04. The summed E-state index contributed by atoms with van der Waals surface area (Å²) in [6.07, 6.45) is 0.929. The molecule has 3 nitrogen and oxygen atoms in total. The maximum Gasteiger partial charge on any atom is 0.224 e. The van der Waals surface area contributed by atoms with E-state index in [1.807, 2.05) is 20.8 Å². The molecule has 0 bridgehead atoms. The molecule has 0 saturated carbocycles. The molecule has 0 spiro atoms. The van der Waals surface area contributed by atoms with Crippen LogP contribution in [0.15, 0.2) is 0 Å². The highest BCUT2D eigenvalue weighted by Crippen LogP contribution is 2.01. The molecule has 0 aromatic heterocycles. The summed E-state index contributed by atoms with van der Waals surface area (Å²) in [7, 11) is 0. The Morgan fingerprint density at radius 1 is 1.42 bits per heavy atom. The maximum atomic E-state index is 11.1. The minimum Gasteiger partial charge on any atom is -0.355 e. The van der Waals surface area contributed by atoms with Crippen LogP contribution in [0.2, 0.25) is 0 Å². The van der Waals surface area contributed by atoms with Gasteiger partial charge in [0, 0.05) is 19.6 Å². The van der Waals surface area contributed by atoms with Crippen LogP contribution in [-0.2, 0) is 4.79 Å². The van der Waals surface area contributed by atoms with Gasteiger partial charge >= 0.3 is 0 Å². The van der Waals surface area contributed by atoms with Crippen molar-refractivity contribution in [3.63, 3.8) is 0 Å². The second-order valence-corrected chi connectivity index (χ2v) is 2.60. The van der Waals surface area contributed by atoms with Gasteiger partial charge in [-0.3, -0.25) is 4.79 Å². The van der Waals surface area contributed by atoms with Gasteiger partial charge < -0.3 is 10.6 Å². The van der Waals surface area contributed by atoms with Crippen molar-refractivity contribution < 1.29 is 4.79 Å². The van der Waals surface area contributed by atoms with E-state index in [1.54, 1.807) is 0 Å². The van der Waals surface area contributed by atoms with Crippen molar-refractivity contribution in [3.8, 4) is 0 Å². The number of rotatable bonds is 1. The molecule has 1 rings (SSSR count). The minimum atomic E-state index is 0.183. The fraction of sp³-hybridized carbons (Fsp3) is 0.889. The van der Waals surface area contributed by atoms with Crippen LogP contribution >= 0.6 is 0 Å². The van der Waals surface area contributed by atoms with Crippen molar-refractivity contribution in [1.82, 2.24) is 10.6 Å². The first-order valence-corrected chi connectivity index (χ1v) is 4.83. The number of nitrogens with one attached hydrogen (secondary N) is 2. The van der Waals surface area contributed by atoms with Crippen LogP contribution in [0.25, 0.3) is 0 Å². The Hall–Kier alpha value is -0.570. The molecule has 2 N–H and O–H groups in total. The van der Waals surface area contributed by atoms with Crippen LogP contribution in [0.1, 0.15) is 27.2 Å². The van der Waals surface area contributed by atoms with Gasteiger partial charge in [-0.15, -0.1) is 0 Å². The van der Waals surface area contributed by atoms with E-state index in [1.165, 1.54) is 0 Å². The topological polar surface area (TPSA) is 41.1 Å². The summed E-state index contributed by atoms with van der Waals surface area (Å²) < 4.78 is 0. The summed E-state index contributed by atoms with van der Waals surface area (Å²) in [4.78, 5) is 11.1. The number of hydrogen-bond acceptors (Lipinski definition) is 2. The van der Waals surface area contributed by atoms with Crippen molar-refractivity contribution in [3.05, 3.63) is 0 Å². The predicted octanol–water partition coefficient (Wildman–Crippen LogP) is 0.758. The van der Waals surface area contributed by atoms with Crippen LogP contribution in [0.3, 0.4) is 0 Å². The van der Waals surface area contributed by atoms with E-state index in [0.29, 0.717) is 0 Å². The van der Waals surface area contributed by atoms with Gasteiger partial charge in [0.1, 0.15) is 0 Å². The Bertz CT molecular complexity index is 126. The zero-order chi connectivity index (χ0) is 9.40. The molecule has 0 aliphatic carbocycles. The number of carbonyl (C=O) groups excluding carboxylic acids is 1. The van der Waals surface area contributed by atoms with E-state index in [2.05, 4.69) is 10.6 Å². The second kappa shape index (κ2) is 7.10. The molecule has 1 heterocycles. The van der Waals surface area contributed by atoms with Gasteiger partial charge in [-0.25, -0.2) is 0 Å². The largest absolute Gasteiger partial charge is 0.355 e. The third-order valence-electron chi connectivity index (χ3n) is 1.86. The first kappa shape index (κ1) is 11.4. The Kier molecular flexibility index (Phi) is 6.76. The molecule has 1 aliphatic heterocycles. The number of amides is 1. The molecular weight excluding hydrogens is 152 g/mol. The molecule has 72 valence electrons. The van der Waals surface area contributed by atoms with Crippen LogP contribution in [0, 0.1) is 5.92 Å². The summed E-state index contributed by atoms with van der Waals surface area (Å²) in [6, 6.07) is 0. The third-order valence-corrected chi connectivity index (χ3v) is 1.86. The van der Waals surface area contributed by atoms with Gasteiger partial charge in [-0.05, 0) is 6.42 Å². The van der Waals surface area contributed by atoms with Crippen LogP contribution in [-0.4, -0.2) is 25.5 Å². The highest BCUT2D eigenvalue weighted by molar-refractivity contribution is 5.79. The van der Waals surface area contributed by atoms with Crippen LogP contribution in [0.5, 0.6) is 0 Å². The first-order chi connectivity index (χ1) is 5.84. The molecule has 0 aromatic rings. The zero-order valence-electron chi connectivity index (χ0n) is 8.31. The van der Waals surface area contributed by atoms with Crippen molar-refractivity contribution in [2.45, 2.75) is 27.2 Å². The van der Waals surface area contributed by atoms with E-state index < -0.39 is 0 Å². The lowest BCUT2D eigenvalue weighted by Crippen LogP contribution is -2.30. The van der Waals surface area contributed by atoms with E-state index in [4.69, 9.17) is 0 Å². The molecular formula is C9H20N2O. The van der Waals surface area contributed by atoms with E-state index in [9.17, 15) is 4.79 Å². The minimum absolute atomic E-state index is 0.183. The average Bonchev–Trinajstić information content (AvgIpc) is 2.33. The second-order valence-electron chi connectivity index (χ2n) is 2.60. The highest BCUT2D eigenvalue weighted by atomic mass is 16.1.